The highest BCUT2D eigenvalue weighted by atomic mass is 35.5. The molecule has 166 valence electrons. The number of alkyl halides is 3. The van der Waals surface area contributed by atoms with Crippen LogP contribution in [-0.2, 0) is 12.6 Å². The molecule has 5 nitrogen and oxygen atoms in total. The molecule has 4 aromatic rings. The monoisotopic (exact) mass is 461 g/mol. The zero-order valence-electron chi connectivity index (χ0n) is 17.0. The lowest BCUT2D eigenvalue weighted by Crippen LogP contribution is -2.05. The van der Waals surface area contributed by atoms with Crippen LogP contribution in [0.5, 0.6) is 5.75 Å². The normalized spacial score (nSPS) is 11.7. The third-order valence-corrected chi connectivity index (χ3v) is 4.99. The Balaban J connectivity index is 1.46. The number of hydrogen-bond donors (Lipinski definition) is 1. The average Bonchev–Trinajstić information content (AvgIpc) is 3.38. The molecule has 32 heavy (non-hydrogen) atoms. The predicted octanol–water partition coefficient (Wildman–Crippen LogP) is 6.72. The maximum Gasteiger partial charge on any atom is 0.416 e. The fourth-order valence-corrected chi connectivity index (χ4v) is 3.28. The SMILES string of the molecule is Cc1nc(-c2nc(-c3ccc(Cl)cc3)c(CCCOc3ccc(C(F)(F)F)cc3)o2)c[nH]1. The molecule has 2 heterocycles. The van der Waals surface area contributed by atoms with Gasteiger partial charge in [0.2, 0.25) is 5.89 Å². The van der Waals surface area contributed by atoms with Gasteiger partial charge < -0.3 is 14.1 Å². The van der Waals surface area contributed by atoms with Gasteiger partial charge in [-0.25, -0.2) is 9.97 Å². The Morgan fingerprint density at radius 1 is 1.03 bits per heavy atom. The summed E-state index contributed by atoms with van der Waals surface area (Å²) >= 11 is 6.00. The van der Waals surface area contributed by atoms with Crippen molar-refractivity contribution < 1.29 is 22.3 Å². The van der Waals surface area contributed by atoms with Crippen LogP contribution >= 0.6 is 11.6 Å². The van der Waals surface area contributed by atoms with Crippen molar-refractivity contribution in [3.05, 3.63) is 76.9 Å². The molecule has 4 rings (SSSR count). The molecule has 0 fully saturated rings. The highest BCUT2D eigenvalue weighted by Gasteiger charge is 2.30. The lowest BCUT2D eigenvalue weighted by molar-refractivity contribution is -0.137. The molecule has 0 bridgehead atoms. The number of aromatic amines is 1. The zero-order valence-corrected chi connectivity index (χ0v) is 17.8. The topological polar surface area (TPSA) is 63.9 Å². The minimum Gasteiger partial charge on any atom is -0.494 e. The van der Waals surface area contributed by atoms with Crippen molar-refractivity contribution in [3.8, 4) is 28.6 Å². The average molecular weight is 462 g/mol. The molecule has 0 unspecified atom stereocenters. The Kier molecular flexibility index (Phi) is 6.23. The Hall–Kier alpha value is -3.26. The summed E-state index contributed by atoms with van der Waals surface area (Å²) in [5, 5.41) is 0.617. The number of nitrogens with one attached hydrogen (secondary N) is 1. The van der Waals surface area contributed by atoms with Gasteiger partial charge >= 0.3 is 6.18 Å². The zero-order chi connectivity index (χ0) is 22.7. The number of imidazole rings is 1. The van der Waals surface area contributed by atoms with E-state index >= 15 is 0 Å². The number of nitrogens with zero attached hydrogens (tertiary/aromatic N) is 2. The van der Waals surface area contributed by atoms with Crippen molar-refractivity contribution in [2.75, 3.05) is 6.61 Å². The minimum atomic E-state index is -4.37. The summed E-state index contributed by atoms with van der Waals surface area (Å²) in [7, 11) is 0. The van der Waals surface area contributed by atoms with Gasteiger partial charge in [-0.3, -0.25) is 0 Å². The van der Waals surface area contributed by atoms with Gasteiger partial charge in [0.1, 0.15) is 28.7 Å². The number of H-pyrrole nitrogens is 1. The van der Waals surface area contributed by atoms with E-state index in [-0.39, 0.29) is 0 Å². The van der Waals surface area contributed by atoms with Crippen molar-refractivity contribution in [1.29, 1.82) is 0 Å². The van der Waals surface area contributed by atoms with E-state index in [4.69, 9.17) is 20.8 Å². The van der Waals surface area contributed by atoms with Crippen LogP contribution in [0, 0.1) is 6.92 Å². The second kappa shape index (κ2) is 9.08. The van der Waals surface area contributed by atoms with Gasteiger partial charge in [0.05, 0.1) is 12.2 Å². The number of aromatic nitrogens is 3. The van der Waals surface area contributed by atoms with Crippen LogP contribution in [0.3, 0.4) is 0 Å². The standard InChI is InChI=1S/C23H19ClF3N3O2/c1-14-28-13-19(29-14)22-30-21(15-4-8-17(24)9-5-15)20(32-22)3-2-12-31-18-10-6-16(7-11-18)23(25,26)27/h4-11,13H,2-3,12H2,1H3,(H,28,29). The van der Waals surface area contributed by atoms with Crippen molar-refractivity contribution in [1.82, 2.24) is 15.0 Å². The number of rotatable bonds is 7. The molecule has 0 spiro atoms. The molecular formula is C23H19ClF3N3O2. The summed E-state index contributed by atoms with van der Waals surface area (Å²) in [4.78, 5) is 12.0. The van der Waals surface area contributed by atoms with Gasteiger partial charge in [-0.1, -0.05) is 23.7 Å². The molecule has 0 aliphatic carbocycles. The van der Waals surface area contributed by atoms with E-state index in [1.54, 1.807) is 18.3 Å². The maximum atomic E-state index is 12.7. The van der Waals surface area contributed by atoms with Crippen LogP contribution in [0.1, 0.15) is 23.6 Å². The first-order valence-corrected chi connectivity index (χ1v) is 10.3. The molecule has 2 aromatic heterocycles. The fourth-order valence-electron chi connectivity index (χ4n) is 3.15. The molecule has 1 N–H and O–H groups in total. The van der Waals surface area contributed by atoms with E-state index in [2.05, 4.69) is 15.0 Å². The van der Waals surface area contributed by atoms with Crippen molar-refractivity contribution in [2.45, 2.75) is 25.9 Å². The Morgan fingerprint density at radius 2 is 1.75 bits per heavy atom. The second-order valence-electron chi connectivity index (χ2n) is 7.14. The third kappa shape index (κ3) is 5.13. The first kappa shape index (κ1) is 22.0. The molecule has 0 saturated carbocycles. The molecular weight excluding hydrogens is 443 g/mol. The van der Waals surface area contributed by atoms with E-state index in [1.807, 2.05) is 19.1 Å². The predicted molar refractivity (Wildman–Crippen MR) is 115 cm³/mol. The van der Waals surface area contributed by atoms with Crippen molar-refractivity contribution in [2.24, 2.45) is 0 Å². The van der Waals surface area contributed by atoms with Gasteiger partial charge in [-0.05, 0) is 49.7 Å². The largest absolute Gasteiger partial charge is 0.494 e. The van der Waals surface area contributed by atoms with E-state index in [1.165, 1.54) is 12.1 Å². The Morgan fingerprint density at radius 3 is 2.38 bits per heavy atom. The minimum absolute atomic E-state index is 0.309. The van der Waals surface area contributed by atoms with E-state index in [0.29, 0.717) is 53.3 Å². The number of benzene rings is 2. The summed E-state index contributed by atoms with van der Waals surface area (Å²) < 4.78 is 49.6. The van der Waals surface area contributed by atoms with Gasteiger partial charge in [-0.2, -0.15) is 13.2 Å². The maximum absolute atomic E-state index is 12.7. The summed E-state index contributed by atoms with van der Waals surface area (Å²) in [6.45, 7) is 2.15. The third-order valence-electron chi connectivity index (χ3n) is 4.74. The Labute approximate surface area is 187 Å². The highest BCUT2D eigenvalue weighted by Crippen LogP contribution is 2.31. The number of aryl methyl sites for hydroxylation is 2. The summed E-state index contributed by atoms with van der Waals surface area (Å²) in [6, 6.07) is 11.9. The Bertz CT molecular complexity index is 1180. The van der Waals surface area contributed by atoms with E-state index in [0.717, 1.165) is 23.5 Å². The van der Waals surface area contributed by atoms with E-state index in [9.17, 15) is 13.2 Å². The van der Waals surface area contributed by atoms with E-state index < -0.39 is 11.7 Å². The van der Waals surface area contributed by atoms with Crippen LogP contribution in [-0.4, -0.2) is 21.6 Å². The van der Waals surface area contributed by atoms with Gasteiger partial charge in [0.15, 0.2) is 0 Å². The summed E-state index contributed by atoms with van der Waals surface area (Å²) in [5.41, 5.74) is 1.44. The molecule has 0 saturated heterocycles. The van der Waals surface area contributed by atoms with Gasteiger partial charge in [0.25, 0.3) is 0 Å². The lowest BCUT2D eigenvalue weighted by Gasteiger charge is -2.09. The molecule has 0 amide bonds. The molecule has 0 atom stereocenters. The molecule has 2 aromatic carbocycles. The first-order valence-electron chi connectivity index (χ1n) is 9.88. The summed E-state index contributed by atoms with van der Waals surface area (Å²) in [6.07, 6.45) is -1.54. The van der Waals surface area contributed by atoms with Crippen LogP contribution in [0.4, 0.5) is 13.2 Å². The van der Waals surface area contributed by atoms with Gasteiger partial charge in [0, 0.05) is 23.2 Å². The summed E-state index contributed by atoms with van der Waals surface area (Å²) in [5.74, 6) is 2.19. The fraction of sp³-hybridized carbons (Fsp3) is 0.217. The van der Waals surface area contributed by atoms with Crippen molar-refractivity contribution in [3.63, 3.8) is 0 Å². The highest BCUT2D eigenvalue weighted by molar-refractivity contribution is 6.30. The lowest BCUT2D eigenvalue weighted by atomic mass is 10.1. The van der Waals surface area contributed by atoms with Gasteiger partial charge in [-0.15, -0.1) is 0 Å². The van der Waals surface area contributed by atoms with Crippen LogP contribution in [0.15, 0.2) is 59.1 Å². The van der Waals surface area contributed by atoms with Crippen LogP contribution in [0.25, 0.3) is 22.8 Å². The number of ether oxygens (including phenoxy) is 1. The molecule has 0 radical (unpaired) electrons. The van der Waals surface area contributed by atoms with Crippen LogP contribution < -0.4 is 4.74 Å². The molecule has 9 heteroatoms. The molecule has 0 aliphatic heterocycles. The van der Waals surface area contributed by atoms with Crippen LogP contribution in [0.2, 0.25) is 5.02 Å². The first-order chi connectivity index (χ1) is 15.3. The number of hydrogen-bond acceptors (Lipinski definition) is 4. The quantitative estimate of drug-likeness (QED) is 0.310. The smallest absolute Gasteiger partial charge is 0.416 e. The van der Waals surface area contributed by atoms with Crippen molar-refractivity contribution >= 4 is 11.6 Å². The number of oxazole rings is 1. The molecule has 0 aliphatic rings. The number of halogens is 4. The second-order valence-corrected chi connectivity index (χ2v) is 7.58.